The molecule has 0 unspecified atom stereocenters. The van der Waals surface area contributed by atoms with Crippen molar-refractivity contribution < 1.29 is 14.3 Å². The number of aldehydes is 1. The maximum absolute atomic E-state index is 12.1. The lowest BCUT2D eigenvalue weighted by Gasteiger charge is -2.34. The fraction of sp³-hybridized carbons (Fsp3) is 0.588. The molecule has 0 aromatic carbocycles. The number of likely N-dealkylation sites (tertiary alicyclic amines) is 1. The molecule has 5 heteroatoms. The first-order valence-corrected chi connectivity index (χ1v) is 7.70. The highest BCUT2D eigenvalue weighted by Gasteiger charge is 2.28. The summed E-state index contributed by atoms with van der Waals surface area (Å²) >= 11 is 0. The largest absolute Gasteiger partial charge is 0.444 e. The summed E-state index contributed by atoms with van der Waals surface area (Å²) < 4.78 is 5.41. The molecule has 0 radical (unpaired) electrons. The van der Waals surface area contributed by atoms with Crippen LogP contribution in [0.3, 0.4) is 0 Å². The lowest BCUT2D eigenvalue weighted by molar-refractivity contribution is 0.0204. The molecule has 1 saturated heterocycles. The van der Waals surface area contributed by atoms with Crippen LogP contribution in [-0.2, 0) is 4.74 Å². The molecule has 22 heavy (non-hydrogen) atoms. The van der Waals surface area contributed by atoms with E-state index in [9.17, 15) is 9.59 Å². The zero-order valence-corrected chi connectivity index (χ0v) is 13.8. The highest BCUT2D eigenvalue weighted by atomic mass is 16.6. The molecule has 5 nitrogen and oxygen atoms in total. The normalized spacial score (nSPS) is 16.5. The van der Waals surface area contributed by atoms with E-state index in [0.717, 1.165) is 24.7 Å². The lowest BCUT2D eigenvalue weighted by atomic mass is 9.88. The van der Waals surface area contributed by atoms with Crippen LogP contribution >= 0.6 is 0 Å². The van der Waals surface area contributed by atoms with Crippen molar-refractivity contribution in [2.75, 3.05) is 13.1 Å². The van der Waals surface area contributed by atoms with Gasteiger partial charge < -0.3 is 9.64 Å². The smallest absolute Gasteiger partial charge is 0.410 e. The minimum Gasteiger partial charge on any atom is -0.444 e. The molecule has 0 bridgehead atoms. The van der Waals surface area contributed by atoms with Crippen LogP contribution < -0.4 is 0 Å². The van der Waals surface area contributed by atoms with Crippen molar-refractivity contribution in [3.8, 4) is 0 Å². The number of amides is 1. The van der Waals surface area contributed by atoms with E-state index >= 15 is 0 Å². The second-order valence-corrected chi connectivity index (χ2v) is 6.83. The average molecular weight is 304 g/mol. The zero-order valence-electron chi connectivity index (χ0n) is 13.8. The highest BCUT2D eigenvalue weighted by molar-refractivity contribution is 5.72. The quantitative estimate of drug-likeness (QED) is 0.786. The van der Waals surface area contributed by atoms with Gasteiger partial charge in [-0.05, 0) is 63.6 Å². The van der Waals surface area contributed by atoms with Crippen molar-refractivity contribution in [3.05, 3.63) is 29.1 Å². The first kappa shape index (κ1) is 16.5. The third-order valence-electron chi connectivity index (χ3n) is 3.88. The van der Waals surface area contributed by atoms with Gasteiger partial charge in [0.15, 0.2) is 6.29 Å². The third-order valence-corrected chi connectivity index (χ3v) is 3.88. The number of carbonyl (C=O) groups is 2. The molecule has 0 aliphatic carbocycles. The van der Waals surface area contributed by atoms with Crippen LogP contribution in [0.4, 0.5) is 4.79 Å². The van der Waals surface area contributed by atoms with Crippen LogP contribution in [0.25, 0.3) is 0 Å². The molecule has 0 N–H and O–H groups in total. The molecule has 2 heterocycles. The minimum absolute atomic E-state index is 0.239. The topological polar surface area (TPSA) is 59.5 Å². The summed E-state index contributed by atoms with van der Waals surface area (Å²) in [5, 5.41) is 0. The number of hydrogen-bond acceptors (Lipinski definition) is 4. The van der Waals surface area contributed by atoms with Crippen molar-refractivity contribution in [1.82, 2.24) is 9.88 Å². The van der Waals surface area contributed by atoms with E-state index in [0.29, 0.717) is 24.7 Å². The Balaban J connectivity index is 1.97. The molecule has 0 saturated carbocycles. The average Bonchev–Trinajstić information content (AvgIpc) is 2.45. The standard InChI is InChI=1S/C17H24N2O3/c1-12-9-14(11-20)18-10-15(12)13-5-7-19(8-6-13)16(21)22-17(2,3)4/h9-11,13H,5-8H2,1-4H3. The second-order valence-electron chi connectivity index (χ2n) is 6.83. The maximum atomic E-state index is 12.1. The third kappa shape index (κ3) is 4.06. The molecular formula is C17H24N2O3. The number of rotatable bonds is 2. The molecule has 2 rings (SSSR count). The maximum Gasteiger partial charge on any atom is 0.410 e. The fourth-order valence-electron chi connectivity index (χ4n) is 2.78. The molecular weight excluding hydrogens is 280 g/mol. The van der Waals surface area contributed by atoms with E-state index in [-0.39, 0.29) is 6.09 Å². The fourth-order valence-corrected chi connectivity index (χ4v) is 2.78. The highest BCUT2D eigenvalue weighted by Crippen LogP contribution is 2.30. The molecule has 120 valence electrons. The number of ether oxygens (including phenoxy) is 1. The van der Waals surface area contributed by atoms with Gasteiger partial charge in [0, 0.05) is 19.3 Å². The summed E-state index contributed by atoms with van der Waals surface area (Å²) in [7, 11) is 0. The van der Waals surface area contributed by atoms with Gasteiger partial charge in [-0.2, -0.15) is 0 Å². The minimum atomic E-state index is -0.459. The molecule has 0 spiro atoms. The van der Waals surface area contributed by atoms with Crippen LogP contribution in [0.5, 0.6) is 0 Å². The van der Waals surface area contributed by atoms with Crippen molar-refractivity contribution in [3.63, 3.8) is 0 Å². The molecule has 1 aromatic rings. The summed E-state index contributed by atoms with van der Waals surface area (Å²) in [6.45, 7) is 9.01. The predicted octanol–water partition coefficient (Wildman–Crippen LogP) is 3.32. The van der Waals surface area contributed by atoms with Gasteiger partial charge in [-0.3, -0.25) is 9.78 Å². The molecule has 1 aliphatic rings. The van der Waals surface area contributed by atoms with Gasteiger partial charge in [0.05, 0.1) is 0 Å². The van der Waals surface area contributed by atoms with Gasteiger partial charge in [0.25, 0.3) is 0 Å². The Bertz CT molecular complexity index is 556. The SMILES string of the molecule is Cc1cc(C=O)ncc1C1CCN(C(=O)OC(C)(C)C)CC1. The Hall–Kier alpha value is -1.91. The molecule has 1 aliphatic heterocycles. The van der Waals surface area contributed by atoms with Crippen molar-refractivity contribution in [2.45, 2.75) is 52.1 Å². The van der Waals surface area contributed by atoms with Gasteiger partial charge in [0.2, 0.25) is 0 Å². The van der Waals surface area contributed by atoms with Crippen LogP contribution in [0.1, 0.15) is 61.1 Å². The second kappa shape index (κ2) is 6.46. The first-order valence-electron chi connectivity index (χ1n) is 7.70. The summed E-state index contributed by atoms with van der Waals surface area (Å²) in [5.41, 5.74) is 2.27. The molecule has 1 amide bonds. The first-order chi connectivity index (χ1) is 10.3. The summed E-state index contributed by atoms with van der Waals surface area (Å²) in [5.74, 6) is 0.381. The molecule has 1 fully saturated rings. The summed E-state index contributed by atoms with van der Waals surface area (Å²) in [6.07, 6.45) is 4.11. The van der Waals surface area contributed by atoms with Gasteiger partial charge in [-0.15, -0.1) is 0 Å². The lowest BCUT2D eigenvalue weighted by Crippen LogP contribution is -2.41. The van der Waals surface area contributed by atoms with Gasteiger partial charge >= 0.3 is 6.09 Å². The van der Waals surface area contributed by atoms with Crippen LogP contribution in [0, 0.1) is 6.92 Å². The Kier molecular flexibility index (Phi) is 4.84. The Morgan fingerprint density at radius 3 is 2.50 bits per heavy atom. The number of hydrogen-bond donors (Lipinski definition) is 0. The number of pyridine rings is 1. The van der Waals surface area contributed by atoms with E-state index in [2.05, 4.69) is 4.98 Å². The van der Waals surface area contributed by atoms with Crippen molar-refractivity contribution in [2.24, 2.45) is 0 Å². The van der Waals surface area contributed by atoms with Gasteiger partial charge in [0.1, 0.15) is 11.3 Å². The number of aromatic nitrogens is 1. The predicted molar refractivity (Wildman–Crippen MR) is 84.1 cm³/mol. The van der Waals surface area contributed by atoms with E-state index < -0.39 is 5.60 Å². The van der Waals surface area contributed by atoms with E-state index in [1.165, 1.54) is 5.56 Å². The molecule has 1 aromatic heterocycles. The summed E-state index contributed by atoms with van der Waals surface area (Å²) in [6, 6.07) is 1.82. The zero-order chi connectivity index (χ0) is 16.3. The van der Waals surface area contributed by atoms with E-state index in [1.54, 1.807) is 11.1 Å². The van der Waals surface area contributed by atoms with Gasteiger partial charge in [-0.1, -0.05) is 0 Å². The Labute approximate surface area is 131 Å². The van der Waals surface area contributed by atoms with Crippen molar-refractivity contribution in [1.29, 1.82) is 0 Å². The van der Waals surface area contributed by atoms with Crippen molar-refractivity contribution >= 4 is 12.4 Å². The Morgan fingerprint density at radius 2 is 2.00 bits per heavy atom. The van der Waals surface area contributed by atoms with Gasteiger partial charge in [-0.25, -0.2) is 4.79 Å². The Morgan fingerprint density at radius 1 is 1.36 bits per heavy atom. The van der Waals surface area contributed by atoms with E-state index in [1.807, 2.05) is 33.8 Å². The molecule has 0 atom stereocenters. The van der Waals surface area contributed by atoms with Crippen LogP contribution in [-0.4, -0.2) is 41.0 Å². The number of carbonyl (C=O) groups excluding carboxylic acids is 2. The van der Waals surface area contributed by atoms with Crippen LogP contribution in [0.15, 0.2) is 12.3 Å². The number of nitrogens with zero attached hydrogens (tertiary/aromatic N) is 2. The monoisotopic (exact) mass is 304 g/mol. The number of aryl methyl sites for hydroxylation is 1. The van der Waals surface area contributed by atoms with Crippen LogP contribution in [0.2, 0.25) is 0 Å². The summed E-state index contributed by atoms with van der Waals surface area (Å²) in [4.78, 5) is 28.7. The van der Waals surface area contributed by atoms with E-state index in [4.69, 9.17) is 4.74 Å². The number of piperidine rings is 1.